The molecule has 1 aliphatic carbocycles. The minimum atomic E-state index is -1.57. The normalized spacial score (nSPS) is 20.8. The van der Waals surface area contributed by atoms with Crippen LogP contribution in [0.25, 0.3) is 0 Å². The van der Waals surface area contributed by atoms with Crippen molar-refractivity contribution >= 4 is 11.6 Å². The first kappa shape index (κ1) is 17.4. The number of hydrogen-bond acceptors (Lipinski definition) is 3. The summed E-state index contributed by atoms with van der Waals surface area (Å²) < 4.78 is 0. The largest absolute Gasteiger partial charge is 0.383 e. The van der Waals surface area contributed by atoms with E-state index in [9.17, 15) is 14.7 Å². The summed E-state index contributed by atoms with van der Waals surface area (Å²) in [5.41, 5.74) is -1.26. The zero-order valence-electron chi connectivity index (χ0n) is 14.2. The molecule has 1 N–H and O–H groups in total. The van der Waals surface area contributed by atoms with Crippen molar-refractivity contribution in [2.75, 3.05) is 0 Å². The maximum absolute atomic E-state index is 13.1. The SMILES string of the molecule is CC(C)c1ccc(C(=O)C2(C(=O)C(C)(C)O)C=CC=CC2)cc1. The van der Waals surface area contributed by atoms with Crippen LogP contribution in [-0.4, -0.2) is 22.3 Å². The van der Waals surface area contributed by atoms with Gasteiger partial charge in [-0.05, 0) is 31.7 Å². The van der Waals surface area contributed by atoms with Gasteiger partial charge in [0.05, 0.1) is 0 Å². The second-order valence-electron chi connectivity index (χ2n) is 6.96. The molecule has 0 aliphatic heterocycles. The quantitative estimate of drug-likeness (QED) is 0.664. The molecule has 0 fully saturated rings. The van der Waals surface area contributed by atoms with Gasteiger partial charge in [0.1, 0.15) is 11.0 Å². The first-order valence-corrected chi connectivity index (χ1v) is 7.95. The molecular formula is C20H24O3. The molecule has 1 aromatic carbocycles. The van der Waals surface area contributed by atoms with Crippen LogP contribution < -0.4 is 0 Å². The summed E-state index contributed by atoms with van der Waals surface area (Å²) in [6, 6.07) is 7.37. The van der Waals surface area contributed by atoms with Gasteiger partial charge >= 0.3 is 0 Å². The van der Waals surface area contributed by atoms with E-state index in [0.717, 1.165) is 5.56 Å². The molecule has 2 rings (SSSR count). The van der Waals surface area contributed by atoms with Crippen molar-refractivity contribution in [3.63, 3.8) is 0 Å². The molecule has 1 aliphatic rings. The van der Waals surface area contributed by atoms with E-state index < -0.39 is 16.8 Å². The predicted molar refractivity (Wildman–Crippen MR) is 91.5 cm³/mol. The summed E-state index contributed by atoms with van der Waals surface area (Å²) in [6.07, 6.45) is 7.20. The zero-order valence-corrected chi connectivity index (χ0v) is 14.2. The van der Waals surface area contributed by atoms with Crippen LogP contribution in [0.5, 0.6) is 0 Å². The van der Waals surface area contributed by atoms with Gasteiger partial charge in [0, 0.05) is 5.56 Å². The van der Waals surface area contributed by atoms with E-state index in [4.69, 9.17) is 0 Å². The molecule has 0 heterocycles. The van der Waals surface area contributed by atoms with Gasteiger partial charge < -0.3 is 5.11 Å². The van der Waals surface area contributed by atoms with Crippen molar-refractivity contribution < 1.29 is 14.7 Å². The minimum Gasteiger partial charge on any atom is -0.383 e. The maximum Gasteiger partial charge on any atom is 0.181 e. The Labute approximate surface area is 137 Å². The molecule has 3 heteroatoms. The highest BCUT2D eigenvalue weighted by molar-refractivity contribution is 6.18. The number of ketones is 2. The number of allylic oxidation sites excluding steroid dienone is 4. The van der Waals surface area contributed by atoms with E-state index in [-0.39, 0.29) is 12.2 Å². The molecule has 23 heavy (non-hydrogen) atoms. The van der Waals surface area contributed by atoms with Crippen LogP contribution >= 0.6 is 0 Å². The van der Waals surface area contributed by atoms with Crippen LogP contribution in [0, 0.1) is 5.41 Å². The van der Waals surface area contributed by atoms with Gasteiger partial charge in [0.25, 0.3) is 0 Å². The van der Waals surface area contributed by atoms with Gasteiger partial charge in [-0.2, -0.15) is 0 Å². The third kappa shape index (κ3) is 3.35. The Morgan fingerprint density at radius 1 is 1.13 bits per heavy atom. The summed E-state index contributed by atoms with van der Waals surface area (Å²) in [5, 5.41) is 10.2. The predicted octanol–water partition coefficient (Wildman–Crippen LogP) is 3.84. The number of Topliss-reactive ketones (excluding diaryl/α,β-unsaturated/α-hetero) is 2. The fourth-order valence-electron chi connectivity index (χ4n) is 2.88. The Hall–Kier alpha value is -2.00. The molecule has 3 nitrogen and oxygen atoms in total. The Balaban J connectivity index is 2.44. The first-order valence-electron chi connectivity index (χ1n) is 7.95. The van der Waals surface area contributed by atoms with E-state index >= 15 is 0 Å². The first-order chi connectivity index (χ1) is 10.7. The summed E-state index contributed by atoms with van der Waals surface area (Å²) in [7, 11) is 0. The molecule has 0 saturated carbocycles. The van der Waals surface area contributed by atoms with Crippen LogP contribution in [0.2, 0.25) is 0 Å². The maximum atomic E-state index is 13.1. The van der Waals surface area contributed by atoms with Crippen molar-refractivity contribution in [2.24, 2.45) is 5.41 Å². The molecule has 0 saturated heterocycles. The Morgan fingerprint density at radius 3 is 2.17 bits per heavy atom. The van der Waals surface area contributed by atoms with E-state index in [1.54, 1.807) is 30.4 Å². The summed E-state index contributed by atoms with van der Waals surface area (Å²) in [5.74, 6) is -0.354. The molecule has 0 aromatic heterocycles. The lowest BCUT2D eigenvalue weighted by Crippen LogP contribution is -2.48. The van der Waals surface area contributed by atoms with E-state index in [0.29, 0.717) is 11.5 Å². The van der Waals surface area contributed by atoms with E-state index in [2.05, 4.69) is 13.8 Å². The molecule has 0 amide bonds. The third-order valence-electron chi connectivity index (χ3n) is 4.27. The fourth-order valence-corrected chi connectivity index (χ4v) is 2.88. The fraction of sp³-hybridized carbons (Fsp3) is 0.400. The highest BCUT2D eigenvalue weighted by atomic mass is 16.3. The average molecular weight is 312 g/mol. The molecule has 122 valence electrons. The number of aliphatic hydroxyl groups is 1. The summed E-state index contributed by atoms with van der Waals surface area (Å²) in [4.78, 5) is 25.8. The number of carbonyl (C=O) groups is 2. The Kier molecular flexibility index (Phi) is 4.71. The van der Waals surface area contributed by atoms with Gasteiger partial charge in [0.2, 0.25) is 0 Å². The van der Waals surface area contributed by atoms with Crippen molar-refractivity contribution in [1.82, 2.24) is 0 Å². The Bertz CT molecular complexity index is 657. The monoisotopic (exact) mass is 312 g/mol. The van der Waals surface area contributed by atoms with Gasteiger partial charge in [-0.1, -0.05) is 62.4 Å². The molecule has 0 spiro atoms. The van der Waals surface area contributed by atoms with Crippen molar-refractivity contribution in [3.05, 3.63) is 59.7 Å². The van der Waals surface area contributed by atoms with Crippen LogP contribution in [0.4, 0.5) is 0 Å². The van der Waals surface area contributed by atoms with Gasteiger partial charge in [0.15, 0.2) is 11.6 Å². The summed E-state index contributed by atoms with van der Waals surface area (Å²) in [6.45, 7) is 7.03. The van der Waals surface area contributed by atoms with Crippen LogP contribution in [0.15, 0.2) is 48.6 Å². The second-order valence-corrected chi connectivity index (χ2v) is 6.96. The van der Waals surface area contributed by atoms with Gasteiger partial charge in [-0.15, -0.1) is 0 Å². The number of rotatable bonds is 5. The molecular weight excluding hydrogens is 288 g/mol. The van der Waals surface area contributed by atoms with E-state index in [1.807, 2.05) is 18.2 Å². The number of hydrogen-bond donors (Lipinski definition) is 1. The lowest BCUT2D eigenvalue weighted by atomic mass is 9.68. The molecule has 0 bridgehead atoms. The highest BCUT2D eigenvalue weighted by Crippen LogP contribution is 2.37. The highest BCUT2D eigenvalue weighted by Gasteiger charge is 2.48. The Morgan fingerprint density at radius 2 is 1.74 bits per heavy atom. The van der Waals surface area contributed by atoms with Crippen molar-refractivity contribution in [1.29, 1.82) is 0 Å². The topological polar surface area (TPSA) is 54.4 Å². The third-order valence-corrected chi connectivity index (χ3v) is 4.27. The van der Waals surface area contributed by atoms with Gasteiger partial charge in [-0.3, -0.25) is 9.59 Å². The summed E-state index contributed by atoms with van der Waals surface area (Å²) >= 11 is 0. The standard InChI is InChI=1S/C20H24O3/c1-14(2)15-8-10-16(11-9-15)17(21)20(12-6-5-7-13-20)18(22)19(3,4)23/h5-12,14,23H,13H2,1-4H3. The van der Waals surface area contributed by atoms with Crippen LogP contribution in [0.1, 0.15) is 56.0 Å². The van der Waals surface area contributed by atoms with Crippen LogP contribution in [0.3, 0.4) is 0 Å². The smallest absolute Gasteiger partial charge is 0.181 e. The second kappa shape index (κ2) is 6.25. The number of carbonyl (C=O) groups excluding carboxylic acids is 2. The molecule has 1 unspecified atom stereocenters. The lowest BCUT2D eigenvalue weighted by Gasteiger charge is -2.33. The van der Waals surface area contributed by atoms with Gasteiger partial charge in [-0.25, -0.2) is 0 Å². The van der Waals surface area contributed by atoms with Crippen molar-refractivity contribution in [3.8, 4) is 0 Å². The lowest BCUT2D eigenvalue weighted by molar-refractivity contribution is -0.140. The number of benzene rings is 1. The molecule has 1 aromatic rings. The molecule has 0 radical (unpaired) electrons. The van der Waals surface area contributed by atoms with Crippen molar-refractivity contribution in [2.45, 2.75) is 45.6 Å². The average Bonchev–Trinajstić information content (AvgIpc) is 2.53. The van der Waals surface area contributed by atoms with E-state index in [1.165, 1.54) is 13.8 Å². The minimum absolute atomic E-state index is 0.263. The van der Waals surface area contributed by atoms with Crippen LogP contribution in [-0.2, 0) is 4.79 Å². The zero-order chi connectivity index (χ0) is 17.3. The molecule has 1 atom stereocenters.